The van der Waals surface area contributed by atoms with Gasteiger partial charge in [0.1, 0.15) is 6.61 Å². The van der Waals surface area contributed by atoms with Crippen LogP contribution in [0.3, 0.4) is 0 Å². The predicted molar refractivity (Wildman–Crippen MR) is 60.1 cm³/mol. The Bertz CT molecular complexity index is 307. The third-order valence-corrected chi connectivity index (χ3v) is 3.38. The zero-order valence-corrected chi connectivity index (χ0v) is 10.2. The average Bonchev–Trinajstić information content (AvgIpc) is 2.71. The molecule has 0 aliphatic carbocycles. The van der Waals surface area contributed by atoms with Crippen molar-refractivity contribution in [1.29, 1.82) is 0 Å². The highest BCUT2D eigenvalue weighted by atomic mass is 32.1. The van der Waals surface area contributed by atoms with Gasteiger partial charge in [0.25, 0.3) is 6.43 Å². The topological polar surface area (TPSA) is 34.2 Å². The molecule has 1 atom stereocenters. The highest BCUT2D eigenvalue weighted by Crippen LogP contribution is 2.20. The van der Waals surface area contributed by atoms with Crippen LogP contribution in [0.2, 0.25) is 0 Å². The summed E-state index contributed by atoms with van der Waals surface area (Å²) in [5.41, 5.74) is 0. The lowest BCUT2D eigenvalue weighted by atomic mass is 10.3. The molecule has 16 heavy (non-hydrogen) atoms. The third-order valence-electron chi connectivity index (χ3n) is 2.14. The van der Waals surface area contributed by atoms with E-state index in [4.69, 9.17) is 4.74 Å². The van der Waals surface area contributed by atoms with E-state index in [9.17, 15) is 8.78 Å². The molecule has 0 fully saturated rings. The quantitative estimate of drug-likeness (QED) is 0.754. The van der Waals surface area contributed by atoms with Crippen molar-refractivity contribution in [2.75, 3.05) is 20.3 Å². The van der Waals surface area contributed by atoms with Crippen molar-refractivity contribution in [3.8, 4) is 0 Å². The van der Waals surface area contributed by atoms with Gasteiger partial charge in [0, 0.05) is 23.5 Å². The summed E-state index contributed by atoms with van der Waals surface area (Å²) >= 11 is 1.58. The Morgan fingerprint density at radius 2 is 2.31 bits per heavy atom. The van der Waals surface area contributed by atoms with Crippen LogP contribution < -0.4 is 5.32 Å². The molecule has 0 aliphatic heterocycles. The van der Waals surface area contributed by atoms with Crippen LogP contribution in [0.25, 0.3) is 0 Å². The zero-order chi connectivity index (χ0) is 12.0. The number of alkyl halides is 2. The molecule has 1 aromatic rings. The number of halogens is 2. The van der Waals surface area contributed by atoms with Gasteiger partial charge in [-0.1, -0.05) is 0 Å². The maximum Gasteiger partial charge on any atom is 0.261 e. The predicted octanol–water partition coefficient (Wildman–Crippen LogP) is 2.25. The number of ether oxygens (including phenoxy) is 1. The summed E-state index contributed by atoms with van der Waals surface area (Å²) in [7, 11) is 1.88. The molecule has 3 nitrogen and oxygen atoms in total. The van der Waals surface area contributed by atoms with Gasteiger partial charge in [-0.15, -0.1) is 11.3 Å². The van der Waals surface area contributed by atoms with Crippen molar-refractivity contribution in [1.82, 2.24) is 10.3 Å². The fraction of sp³-hybridized carbons (Fsp3) is 0.700. The van der Waals surface area contributed by atoms with E-state index in [1.54, 1.807) is 11.3 Å². The summed E-state index contributed by atoms with van der Waals surface area (Å²) in [5.74, 6) is 0. The van der Waals surface area contributed by atoms with Gasteiger partial charge < -0.3 is 10.1 Å². The maximum atomic E-state index is 11.8. The molecule has 1 rings (SSSR count). The molecule has 0 saturated carbocycles. The van der Waals surface area contributed by atoms with E-state index in [0.29, 0.717) is 13.0 Å². The van der Waals surface area contributed by atoms with E-state index >= 15 is 0 Å². The summed E-state index contributed by atoms with van der Waals surface area (Å²) in [6, 6.07) is 0.272. The molecule has 0 amide bonds. The molecule has 0 saturated heterocycles. The molecular weight excluding hydrogens is 234 g/mol. The number of thiazole rings is 1. The van der Waals surface area contributed by atoms with Crippen LogP contribution in [-0.2, 0) is 11.2 Å². The summed E-state index contributed by atoms with van der Waals surface area (Å²) in [5, 5.41) is 4.04. The average molecular weight is 250 g/mol. The van der Waals surface area contributed by atoms with Crippen LogP contribution in [0.1, 0.15) is 22.9 Å². The van der Waals surface area contributed by atoms with Gasteiger partial charge in [-0.3, -0.25) is 0 Å². The first-order valence-electron chi connectivity index (χ1n) is 5.11. The molecule has 1 heterocycles. The first kappa shape index (κ1) is 13.5. The van der Waals surface area contributed by atoms with Crippen LogP contribution in [0.5, 0.6) is 0 Å². The van der Waals surface area contributed by atoms with Crippen molar-refractivity contribution in [3.63, 3.8) is 0 Å². The number of nitrogens with zero attached hydrogens (tertiary/aromatic N) is 1. The summed E-state index contributed by atoms with van der Waals surface area (Å²) < 4.78 is 28.3. The standard InChI is InChI=1S/C10H16F2N2OS/c1-7(13-2)8-5-14-10(16-8)3-4-15-6-9(11)12/h5,7,9,13H,3-4,6H2,1-2H3. The van der Waals surface area contributed by atoms with Crippen molar-refractivity contribution >= 4 is 11.3 Å². The molecule has 1 N–H and O–H groups in total. The first-order valence-corrected chi connectivity index (χ1v) is 5.93. The van der Waals surface area contributed by atoms with E-state index in [-0.39, 0.29) is 6.04 Å². The number of nitrogens with one attached hydrogen (secondary N) is 1. The molecule has 0 bridgehead atoms. The summed E-state index contributed by atoms with van der Waals surface area (Å²) in [4.78, 5) is 5.36. The summed E-state index contributed by atoms with van der Waals surface area (Å²) in [6.45, 7) is 1.85. The van der Waals surface area contributed by atoms with Crippen LogP contribution in [0.15, 0.2) is 6.20 Å². The van der Waals surface area contributed by atoms with Crippen LogP contribution >= 0.6 is 11.3 Å². The third kappa shape index (κ3) is 4.51. The monoisotopic (exact) mass is 250 g/mol. The second-order valence-corrected chi connectivity index (χ2v) is 4.53. The Labute approximate surface area is 97.8 Å². The SMILES string of the molecule is CNC(C)c1cnc(CCOCC(F)F)s1. The van der Waals surface area contributed by atoms with E-state index in [1.165, 1.54) is 0 Å². The van der Waals surface area contributed by atoms with E-state index in [2.05, 4.69) is 10.3 Å². The number of hydrogen-bond acceptors (Lipinski definition) is 4. The van der Waals surface area contributed by atoms with Crippen molar-refractivity contribution in [3.05, 3.63) is 16.1 Å². The Kier molecular flexibility index (Phi) is 5.79. The minimum absolute atomic E-state index is 0.272. The normalized spacial score (nSPS) is 13.3. The zero-order valence-electron chi connectivity index (χ0n) is 9.37. The largest absolute Gasteiger partial charge is 0.375 e. The minimum Gasteiger partial charge on any atom is -0.375 e. The lowest BCUT2D eigenvalue weighted by Gasteiger charge is -2.04. The molecule has 0 aromatic carbocycles. The van der Waals surface area contributed by atoms with Crippen LogP contribution in [0.4, 0.5) is 8.78 Å². The Balaban J connectivity index is 2.29. The molecule has 92 valence electrons. The lowest BCUT2D eigenvalue weighted by Crippen LogP contribution is -2.10. The Morgan fingerprint density at radius 3 is 2.94 bits per heavy atom. The van der Waals surface area contributed by atoms with Gasteiger partial charge in [0.05, 0.1) is 11.6 Å². The smallest absolute Gasteiger partial charge is 0.261 e. The highest BCUT2D eigenvalue weighted by Gasteiger charge is 2.08. The van der Waals surface area contributed by atoms with E-state index < -0.39 is 13.0 Å². The minimum atomic E-state index is -2.39. The number of aromatic nitrogens is 1. The molecule has 1 unspecified atom stereocenters. The first-order chi connectivity index (χ1) is 7.63. The van der Waals surface area contributed by atoms with E-state index in [0.717, 1.165) is 9.88 Å². The van der Waals surface area contributed by atoms with Gasteiger partial charge in [-0.05, 0) is 14.0 Å². The fourth-order valence-corrected chi connectivity index (χ4v) is 2.08. The Morgan fingerprint density at radius 1 is 1.56 bits per heavy atom. The van der Waals surface area contributed by atoms with Gasteiger partial charge in [-0.25, -0.2) is 13.8 Å². The summed E-state index contributed by atoms with van der Waals surface area (Å²) in [6.07, 6.45) is 0.0124. The van der Waals surface area contributed by atoms with Gasteiger partial charge in [0.15, 0.2) is 0 Å². The maximum absolute atomic E-state index is 11.8. The number of hydrogen-bond donors (Lipinski definition) is 1. The molecule has 0 radical (unpaired) electrons. The second kappa shape index (κ2) is 6.88. The molecular formula is C10H16F2N2OS. The van der Waals surface area contributed by atoms with Gasteiger partial charge in [-0.2, -0.15) is 0 Å². The molecule has 0 spiro atoms. The van der Waals surface area contributed by atoms with Crippen LogP contribution in [0, 0.1) is 0 Å². The second-order valence-electron chi connectivity index (χ2n) is 3.38. The molecule has 6 heteroatoms. The molecule has 0 aliphatic rings. The van der Waals surface area contributed by atoms with Crippen molar-refractivity contribution in [2.45, 2.75) is 25.8 Å². The molecule has 1 aromatic heterocycles. The fourth-order valence-electron chi connectivity index (χ4n) is 1.11. The van der Waals surface area contributed by atoms with Gasteiger partial charge in [0.2, 0.25) is 0 Å². The van der Waals surface area contributed by atoms with Gasteiger partial charge >= 0.3 is 0 Å². The number of rotatable bonds is 7. The van der Waals surface area contributed by atoms with Crippen LogP contribution in [-0.4, -0.2) is 31.7 Å². The highest BCUT2D eigenvalue weighted by molar-refractivity contribution is 7.11. The lowest BCUT2D eigenvalue weighted by molar-refractivity contribution is 0.0187. The van der Waals surface area contributed by atoms with Crippen molar-refractivity contribution < 1.29 is 13.5 Å². The van der Waals surface area contributed by atoms with Crippen molar-refractivity contribution in [2.24, 2.45) is 0 Å². The van der Waals surface area contributed by atoms with E-state index in [1.807, 2.05) is 20.2 Å². The Hall–Kier alpha value is -0.590.